The molecule has 2 heterocycles. The largest absolute Gasteiger partial charge is 0.285 e. The topological polar surface area (TPSA) is 42.9 Å². The number of nitrogens with zero attached hydrogens (tertiary/aromatic N) is 2. The van der Waals surface area contributed by atoms with Crippen LogP contribution in [0.4, 0.5) is 8.78 Å². The van der Waals surface area contributed by atoms with Crippen molar-refractivity contribution in [3.05, 3.63) is 59.7 Å². The number of rotatable bonds is 2. The molecule has 80 valence electrons. The van der Waals surface area contributed by atoms with Crippen LogP contribution < -0.4 is 0 Å². The van der Waals surface area contributed by atoms with Crippen LogP contribution in [0.25, 0.3) is 0 Å². The Balaban J connectivity index is 2.39. The van der Waals surface area contributed by atoms with Gasteiger partial charge in [-0.1, -0.05) is 12.1 Å². The maximum absolute atomic E-state index is 12.8. The van der Waals surface area contributed by atoms with E-state index in [0.717, 1.165) is 12.1 Å². The molecular weight excluding hydrogens is 214 g/mol. The van der Waals surface area contributed by atoms with E-state index in [1.807, 2.05) is 0 Å². The molecule has 0 spiro atoms. The van der Waals surface area contributed by atoms with E-state index in [2.05, 4.69) is 9.97 Å². The second kappa shape index (κ2) is 4.14. The van der Waals surface area contributed by atoms with Crippen molar-refractivity contribution in [3.8, 4) is 0 Å². The number of carbonyl (C=O) groups excluding carboxylic acids is 1. The summed E-state index contributed by atoms with van der Waals surface area (Å²) in [5.74, 6) is -2.14. The molecule has 0 aliphatic carbocycles. The minimum Gasteiger partial charge on any atom is -0.285 e. The molecule has 0 aromatic carbocycles. The molecule has 2 aromatic heterocycles. The zero-order valence-electron chi connectivity index (χ0n) is 8.02. The van der Waals surface area contributed by atoms with Gasteiger partial charge in [0.15, 0.2) is 0 Å². The van der Waals surface area contributed by atoms with Crippen LogP contribution in [0.3, 0.4) is 0 Å². The summed E-state index contributed by atoms with van der Waals surface area (Å²) in [5.41, 5.74) is -0.198. The third kappa shape index (κ3) is 2.08. The molecule has 5 heteroatoms. The zero-order valence-corrected chi connectivity index (χ0v) is 8.02. The lowest BCUT2D eigenvalue weighted by Crippen LogP contribution is -2.07. The summed E-state index contributed by atoms with van der Waals surface area (Å²) >= 11 is 0. The number of hydrogen-bond acceptors (Lipinski definition) is 3. The molecular formula is C11H6F2N2O. The van der Waals surface area contributed by atoms with Gasteiger partial charge < -0.3 is 0 Å². The van der Waals surface area contributed by atoms with Crippen LogP contribution >= 0.6 is 0 Å². The summed E-state index contributed by atoms with van der Waals surface area (Å²) in [4.78, 5) is 18.5. The summed E-state index contributed by atoms with van der Waals surface area (Å²) in [6.45, 7) is 0. The molecule has 0 fully saturated rings. The van der Waals surface area contributed by atoms with Crippen molar-refractivity contribution in [1.29, 1.82) is 0 Å². The molecule has 0 aliphatic heterocycles. The molecule has 3 nitrogen and oxygen atoms in total. The maximum atomic E-state index is 12.8. The predicted molar refractivity (Wildman–Crippen MR) is 51.8 cm³/mol. The van der Waals surface area contributed by atoms with Crippen molar-refractivity contribution in [2.24, 2.45) is 0 Å². The van der Waals surface area contributed by atoms with E-state index in [1.165, 1.54) is 24.3 Å². The highest BCUT2D eigenvalue weighted by Gasteiger charge is 2.13. The Morgan fingerprint density at radius 3 is 1.69 bits per heavy atom. The van der Waals surface area contributed by atoms with Crippen molar-refractivity contribution in [2.45, 2.75) is 0 Å². The molecule has 0 atom stereocenters. The fourth-order valence-electron chi connectivity index (χ4n) is 1.20. The van der Waals surface area contributed by atoms with Crippen LogP contribution in [0, 0.1) is 11.9 Å². The van der Waals surface area contributed by atoms with Crippen molar-refractivity contribution >= 4 is 5.78 Å². The normalized spacial score (nSPS) is 10.1. The van der Waals surface area contributed by atoms with Gasteiger partial charge in [0.2, 0.25) is 17.7 Å². The average Bonchev–Trinajstić information content (AvgIpc) is 2.28. The third-order valence-electron chi connectivity index (χ3n) is 1.90. The summed E-state index contributed by atoms with van der Waals surface area (Å²) in [6, 6.07) is 7.64. The van der Waals surface area contributed by atoms with Gasteiger partial charge in [-0.15, -0.1) is 0 Å². The number of ketones is 1. The van der Waals surface area contributed by atoms with E-state index in [4.69, 9.17) is 0 Å². The van der Waals surface area contributed by atoms with Crippen LogP contribution in [0.5, 0.6) is 0 Å². The first-order valence-electron chi connectivity index (χ1n) is 4.46. The Morgan fingerprint density at radius 1 is 0.875 bits per heavy atom. The van der Waals surface area contributed by atoms with Crippen molar-refractivity contribution in [3.63, 3.8) is 0 Å². The minimum atomic E-state index is -0.762. The second-order valence-electron chi connectivity index (χ2n) is 3.02. The van der Waals surface area contributed by atoms with E-state index in [0.29, 0.717) is 0 Å². The molecule has 0 radical (unpaired) electrons. The summed E-state index contributed by atoms with van der Waals surface area (Å²) < 4.78 is 25.5. The highest BCUT2D eigenvalue weighted by Crippen LogP contribution is 2.06. The highest BCUT2D eigenvalue weighted by atomic mass is 19.1. The van der Waals surface area contributed by atoms with Crippen molar-refractivity contribution in [2.75, 3.05) is 0 Å². The van der Waals surface area contributed by atoms with Gasteiger partial charge >= 0.3 is 0 Å². The molecule has 0 bridgehead atoms. The molecule has 0 saturated carbocycles. The van der Waals surface area contributed by atoms with Gasteiger partial charge in [-0.2, -0.15) is 8.78 Å². The third-order valence-corrected chi connectivity index (χ3v) is 1.90. The van der Waals surface area contributed by atoms with E-state index < -0.39 is 17.7 Å². The van der Waals surface area contributed by atoms with Crippen molar-refractivity contribution < 1.29 is 13.6 Å². The van der Waals surface area contributed by atoms with Crippen LogP contribution in [0.1, 0.15) is 16.2 Å². The number of hydrogen-bond donors (Lipinski definition) is 0. The molecule has 0 amide bonds. The van der Waals surface area contributed by atoms with Gasteiger partial charge in [0.25, 0.3) is 0 Å². The van der Waals surface area contributed by atoms with E-state index in [-0.39, 0.29) is 11.4 Å². The fraction of sp³-hybridized carbons (Fsp3) is 0. The lowest BCUT2D eigenvalue weighted by atomic mass is 10.2. The fourth-order valence-corrected chi connectivity index (χ4v) is 1.20. The first-order chi connectivity index (χ1) is 7.66. The van der Waals surface area contributed by atoms with Gasteiger partial charge in [-0.05, 0) is 24.3 Å². The molecule has 2 rings (SSSR count). The first kappa shape index (κ1) is 10.4. The molecule has 16 heavy (non-hydrogen) atoms. The minimum absolute atomic E-state index is 0.0990. The molecule has 2 aromatic rings. The monoisotopic (exact) mass is 220 g/mol. The Kier molecular flexibility index (Phi) is 2.68. The highest BCUT2D eigenvalue weighted by molar-refractivity contribution is 6.06. The van der Waals surface area contributed by atoms with Gasteiger partial charge in [0.05, 0.1) is 0 Å². The lowest BCUT2D eigenvalue weighted by molar-refractivity contribution is 0.102. The molecule has 0 unspecified atom stereocenters. The van der Waals surface area contributed by atoms with E-state index >= 15 is 0 Å². The Morgan fingerprint density at radius 2 is 1.31 bits per heavy atom. The quantitative estimate of drug-likeness (QED) is 0.574. The molecule has 0 saturated heterocycles. The maximum Gasteiger partial charge on any atom is 0.229 e. The first-order valence-corrected chi connectivity index (χ1v) is 4.46. The average molecular weight is 220 g/mol. The Labute approximate surface area is 89.8 Å². The standard InChI is InChI=1S/C11H6F2N2O/c12-9-5-1-3-7(14-9)11(16)8-4-2-6-10(13)15-8/h1-6H. The number of halogens is 2. The lowest BCUT2D eigenvalue weighted by Gasteiger charge is -1.99. The number of carbonyl (C=O) groups is 1. The predicted octanol–water partition coefficient (Wildman–Crippen LogP) is 1.99. The van der Waals surface area contributed by atoms with E-state index in [1.54, 1.807) is 0 Å². The summed E-state index contributed by atoms with van der Waals surface area (Å²) in [7, 11) is 0. The van der Waals surface area contributed by atoms with Gasteiger partial charge in [0.1, 0.15) is 11.4 Å². The van der Waals surface area contributed by atoms with Crippen LogP contribution in [-0.4, -0.2) is 15.8 Å². The number of pyridine rings is 2. The molecule has 0 N–H and O–H groups in total. The van der Waals surface area contributed by atoms with Gasteiger partial charge in [-0.25, -0.2) is 9.97 Å². The van der Waals surface area contributed by atoms with Crippen LogP contribution in [0.15, 0.2) is 36.4 Å². The van der Waals surface area contributed by atoms with Crippen LogP contribution in [-0.2, 0) is 0 Å². The SMILES string of the molecule is O=C(c1cccc(F)n1)c1cccc(F)n1. The van der Waals surface area contributed by atoms with E-state index in [9.17, 15) is 13.6 Å². The zero-order chi connectivity index (χ0) is 11.5. The van der Waals surface area contributed by atoms with Crippen LogP contribution in [0.2, 0.25) is 0 Å². The number of aromatic nitrogens is 2. The summed E-state index contributed by atoms with van der Waals surface area (Å²) in [5, 5.41) is 0. The Hall–Kier alpha value is -2.17. The van der Waals surface area contributed by atoms with Gasteiger partial charge in [0, 0.05) is 0 Å². The molecule has 0 aliphatic rings. The van der Waals surface area contributed by atoms with Crippen molar-refractivity contribution in [1.82, 2.24) is 9.97 Å². The van der Waals surface area contributed by atoms with Gasteiger partial charge in [-0.3, -0.25) is 4.79 Å². The second-order valence-corrected chi connectivity index (χ2v) is 3.02. The smallest absolute Gasteiger partial charge is 0.229 e. The Bertz CT molecular complexity index is 496. The summed E-state index contributed by atoms with van der Waals surface area (Å²) in [6.07, 6.45) is 0.